The van der Waals surface area contributed by atoms with Gasteiger partial charge in [-0.05, 0) is 43.0 Å². The molecule has 1 aromatic carbocycles. The zero-order valence-electron chi connectivity index (χ0n) is 17.2. The molecule has 1 amide bonds. The summed E-state index contributed by atoms with van der Waals surface area (Å²) >= 11 is 0. The Labute approximate surface area is 174 Å². The third kappa shape index (κ3) is 3.58. The zero-order valence-corrected chi connectivity index (χ0v) is 17.2. The van der Waals surface area contributed by atoms with Gasteiger partial charge in [0.2, 0.25) is 0 Å². The van der Waals surface area contributed by atoms with Gasteiger partial charge in [-0.25, -0.2) is 4.98 Å². The molecule has 3 aromatic heterocycles. The van der Waals surface area contributed by atoms with E-state index in [1.165, 1.54) is 5.56 Å². The van der Waals surface area contributed by atoms with Crippen LogP contribution < -0.4 is 5.32 Å². The molecular formula is C23H24N6O. The number of aromatic nitrogens is 5. The topological polar surface area (TPSA) is 77.6 Å². The molecule has 3 heterocycles. The SMILES string of the molecule is Cc1nn(C)c2nc(C3CC3)cc(C(=O)NCc3ccc(Cn4cccn4)cc3)c12. The maximum Gasteiger partial charge on any atom is 0.252 e. The zero-order chi connectivity index (χ0) is 20.7. The molecule has 7 nitrogen and oxygen atoms in total. The molecule has 0 radical (unpaired) electrons. The minimum Gasteiger partial charge on any atom is -0.348 e. The van der Waals surface area contributed by atoms with E-state index < -0.39 is 0 Å². The molecule has 1 fully saturated rings. The number of aryl methyl sites for hydroxylation is 2. The van der Waals surface area contributed by atoms with Gasteiger partial charge in [0.15, 0.2) is 5.65 Å². The van der Waals surface area contributed by atoms with Crippen molar-refractivity contribution in [2.75, 3.05) is 0 Å². The molecule has 1 saturated carbocycles. The van der Waals surface area contributed by atoms with Gasteiger partial charge in [-0.3, -0.25) is 14.2 Å². The molecule has 4 aromatic rings. The van der Waals surface area contributed by atoms with Crippen molar-refractivity contribution in [3.8, 4) is 0 Å². The van der Waals surface area contributed by atoms with Gasteiger partial charge in [-0.2, -0.15) is 10.2 Å². The monoisotopic (exact) mass is 400 g/mol. The molecule has 1 N–H and O–H groups in total. The standard InChI is InChI=1S/C23H24N6O/c1-15-21-19(12-20(18-8-9-18)26-22(21)28(2)27-15)23(30)24-13-16-4-6-17(7-5-16)14-29-11-3-10-25-29/h3-7,10-12,18H,8-9,13-14H2,1-2H3,(H,24,30). The number of carbonyl (C=O) groups is 1. The Balaban J connectivity index is 1.33. The highest BCUT2D eigenvalue weighted by atomic mass is 16.1. The Kier molecular flexibility index (Phi) is 4.58. The highest BCUT2D eigenvalue weighted by Crippen LogP contribution is 2.40. The van der Waals surface area contributed by atoms with E-state index >= 15 is 0 Å². The van der Waals surface area contributed by atoms with Gasteiger partial charge in [0.25, 0.3) is 5.91 Å². The van der Waals surface area contributed by atoms with E-state index in [1.54, 1.807) is 10.9 Å². The van der Waals surface area contributed by atoms with Crippen LogP contribution in [0.1, 0.15) is 51.6 Å². The fourth-order valence-electron chi connectivity index (χ4n) is 3.85. The summed E-state index contributed by atoms with van der Waals surface area (Å²) in [4.78, 5) is 17.9. The average Bonchev–Trinajstić information content (AvgIpc) is 3.41. The van der Waals surface area contributed by atoms with Crippen LogP contribution in [-0.4, -0.2) is 30.5 Å². The number of nitrogens with zero attached hydrogens (tertiary/aromatic N) is 5. The van der Waals surface area contributed by atoms with Crippen LogP contribution in [0.5, 0.6) is 0 Å². The Morgan fingerprint density at radius 2 is 1.97 bits per heavy atom. The largest absolute Gasteiger partial charge is 0.348 e. The number of fused-ring (bicyclic) bond motifs is 1. The number of rotatable bonds is 6. The van der Waals surface area contributed by atoms with Crippen molar-refractivity contribution < 1.29 is 4.79 Å². The number of amides is 1. The van der Waals surface area contributed by atoms with E-state index in [0.29, 0.717) is 18.0 Å². The van der Waals surface area contributed by atoms with Gasteiger partial charge in [-0.1, -0.05) is 24.3 Å². The lowest BCUT2D eigenvalue weighted by Crippen LogP contribution is -2.23. The summed E-state index contributed by atoms with van der Waals surface area (Å²) in [7, 11) is 1.88. The quantitative estimate of drug-likeness (QED) is 0.539. The lowest BCUT2D eigenvalue weighted by atomic mass is 10.1. The van der Waals surface area contributed by atoms with Crippen molar-refractivity contribution in [1.29, 1.82) is 0 Å². The molecule has 30 heavy (non-hydrogen) atoms. The average molecular weight is 400 g/mol. The van der Waals surface area contributed by atoms with Crippen LogP contribution >= 0.6 is 0 Å². The lowest BCUT2D eigenvalue weighted by Gasteiger charge is -2.10. The van der Waals surface area contributed by atoms with Crippen LogP contribution in [0.2, 0.25) is 0 Å². The summed E-state index contributed by atoms with van der Waals surface area (Å²) in [6, 6.07) is 12.1. The van der Waals surface area contributed by atoms with Crippen LogP contribution in [-0.2, 0) is 20.1 Å². The molecule has 5 rings (SSSR count). The predicted molar refractivity (Wildman–Crippen MR) is 114 cm³/mol. The summed E-state index contributed by atoms with van der Waals surface area (Å²) < 4.78 is 3.66. The normalized spacial score (nSPS) is 13.7. The first-order chi connectivity index (χ1) is 14.6. The molecule has 0 unspecified atom stereocenters. The summed E-state index contributed by atoms with van der Waals surface area (Å²) in [5.74, 6) is 0.388. The van der Waals surface area contributed by atoms with Crippen molar-refractivity contribution in [2.24, 2.45) is 7.05 Å². The van der Waals surface area contributed by atoms with E-state index in [4.69, 9.17) is 4.98 Å². The summed E-state index contributed by atoms with van der Waals surface area (Å²) in [5, 5.41) is 12.6. The Hall–Kier alpha value is -3.48. The maximum absolute atomic E-state index is 13.1. The van der Waals surface area contributed by atoms with E-state index in [0.717, 1.165) is 47.4 Å². The van der Waals surface area contributed by atoms with Gasteiger partial charge < -0.3 is 5.32 Å². The van der Waals surface area contributed by atoms with Gasteiger partial charge >= 0.3 is 0 Å². The van der Waals surface area contributed by atoms with E-state index in [1.807, 2.05) is 49.1 Å². The van der Waals surface area contributed by atoms with E-state index in [2.05, 4.69) is 27.6 Å². The number of hydrogen-bond donors (Lipinski definition) is 1. The van der Waals surface area contributed by atoms with Crippen LogP contribution in [0.15, 0.2) is 48.8 Å². The Morgan fingerprint density at radius 3 is 2.67 bits per heavy atom. The predicted octanol–water partition coefficient (Wildman–Crippen LogP) is 3.33. The lowest BCUT2D eigenvalue weighted by molar-refractivity contribution is 0.0952. The highest BCUT2D eigenvalue weighted by Gasteiger charge is 2.28. The van der Waals surface area contributed by atoms with Crippen molar-refractivity contribution in [3.63, 3.8) is 0 Å². The molecule has 152 valence electrons. The fourth-order valence-corrected chi connectivity index (χ4v) is 3.85. The number of benzene rings is 1. The molecule has 0 atom stereocenters. The second-order valence-electron chi connectivity index (χ2n) is 7.98. The molecule has 0 spiro atoms. The van der Waals surface area contributed by atoms with E-state index in [9.17, 15) is 4.79 Å². The summed E-state index contributed by atoms with van der Waals surface area (Å²) in [5.41, 5.74) is 5.51. The molecule has 1 aliphatic rings. The second-order valence-corrected chi connectivity index (χ2v) is 7.98. The van der Waals surface area contributed by atoms with Crippen molar-refractivity contribution in [3.05, 3.63) is 76.9 Å². The first kappa shape index (κ1) is 18.5. The van der Waals surface area contributed by atoms with Crippen LogP contribution in [0.25, 0.3) is 11.0 Å². The summed E-state index contributed by atoms with van der Waals surface area (Å²) in [6.45, 7) is 3.14. The second kappa shape index (κ2) is 7.40. The molecule has 0 saturated heterocycles. The first-order valence-corrected chi connectivity index (χ1v) is 10.3. The van der Waals surface area contributed by atoms with Gasteiger partial charge in [0, 0.05) is 37.6 Å². The third-order valence-electron chi connectivity index (χ3n) is 5.61. The molecule has 0 aliphatic heterocycles. The first-order valence-electron chi connectivity index (χ1n) is 10.3. The molecule has 0 bridgehead atoms. The number of hydrogen-bond acceptors (Lipinski definition) is 4. The van der Waals surface area contributed by atoms with Gasteiger partial charge in [0.1, 0.15) is 0 Å². The highest BCUT2D eigenvalue weighted by molar-refractivity contribution is 6.06. The molecular weight excluding hydrogens is 376 g/mol. The number of nitrogens with one attached hydrogen (secondary N) is 1. The van der Waals surface area contributed by atoms with Crippen LogP contribution in [0, 0.1) is 6.92 Å². The number of pyridine rings is 1. The summed E-state index contributed by atoms with van der Waals surface area (Å²) in [6.07, 6.45) is 6.00. The molecule has 7 heteroatoms. The van der Waals surface area contributed by atoms with Crippen molar-refractivity contribution in [1.82, 2.24) is 29.9 Å². The Bertz CT molecular complexity index is 1200. The smallest absolute Gasteiger partial charge is 0.252 e. The van der Waals surface area contributed by atoms with Gasteiger partial charge in [-0.15, -0.1) is 0 Å². The minimum absolute atomic E-state index is 0.0824. The minimum atomic E-state index is -0.0824. The van der Waals surface area contributed by atoms with Crippen LogP contribution in [0.4, 0.5) is 0 Å². The van der Waals surface area contributed by atoms with E-state index in [-0.39, 0.29) is 5.91 Å². The Morgan fingerprint density at radius 1 is 1.20 bits per heavy atom. The third-order valence-corrected chi connectivity index (χ3v) is 5.61. The molecule has 1 aliphatic carbocycles. The van der Waals surface area contributed by atoms with Crippen molar-refractivity contribution in [2.45, 2.75) is 38.8 Å². The van der Waals surface area contributed by atoms with Crippen molar-refractivity contribution >= 4 is 16.9 Å². The number of carbonyl (C=O) groups excluding carboxylic acids is 1. The maximum atomic E-state index is 13.1. The van der Waals surface area contributed by atoms with Crippen LogP contribution in [0.3, 0.4) is 0 Å². The van der Waals surface area contributed by atoms with Gasteiger partial charge in [0.05, 0.1) is 23.2 Å². The fraction of sp³-hybridized carbons (Fsp3) is 0.304.